The Hall–Kier alpha value is -1.95. The van der Waals surface area contributed by atoms with Crippen LogP contribution in [-0.4, -0.2) is 40.7 Å². The Morgan fingerprint density at radius 3 is 2.86 bits per heavy atom. The van der Waals surface area contributed by atoms with Gasteiger partial charge in [-0.2, -0.15) is 0 Å². The van der Waals surface area contributed by atoms with Gasteiger partial charge in [0.05, 0.1) is 11.7 Å². The van der Waals surface area contributed by atoms with E-state index in [4.69, 9.17) is 9.84 Å². The van der Waals surface area contributed by atoms with Crippen LogP contribution in [0.2, 0.25) is 0 Å². The first-order valence-electron chi connectivity index (χ1n) is 7.68. The van der Waals surface area contributed by atoms with Crippen molar-refractivity contribution >= 4 is 11.9 Å². The number of pyridine rings is 1. The number of carbonyl (C=O) groups is 2. The van der Waals surface area contributed by atoms with Crippen LogP contribution < -0.4 is 5.32 Å². The summed E-state index contributed by atoms with van der Waals surface area (Å²) >= 11 is 0. The number of nitrogens with one attached hydrogen (secondary N) is 1. The SMILES string of the molecule is CCOC1CC(NC(=O)c2cc(C(=O)O)ccn2)C12CCC2. The average Bonchev–Trinajstić information content (AvgIpc) is 2.44. The molecule has 2 fully saturated rings. The molecule has 0 bridgehead atoms. The molecule has 0 saturated heterocycles. The van der Waals surface area contributed by atoms with Gasteiger partial charge in [0.2, 0.25) is 0 Å². The van der Waals surface area contributed by atoms with Crippen molar-refractivity contribution in [2.45, 2.75) is 44.8 Å². The maximum absolute atomic E-state index is 12.3. The second kappa shape index (κ2) is 5.68. The summed E-state index contributed by atoms with van der Waals surface area (Å²) in [6, 6.07) is 2.78. The number of carboxylic acids is 1. The molecule has 6 nitrogen and oxygen atoms in total. The van der Waals surface area contributed by atoms with Crippen LogP contribution in [0.4, 0.5) is 0 Å². The van der Waals surface area contributed by atoms with Crippen LogP contribution >= 0.6 is 0 Å². The molecule has 2 atom stereocenters. The van der Waals surface area contributed by atoms with Crippen LogP contribution in [0, 0.1) is 5.41 Å². The number of nitrogens with zero attached hydrogens (tertiary/aromatic N) is 1. The molecular weight excluding hydrogens is 284 g/mol. The largest absolute Gasteiger partial charge is 0.478 e. The second-order valence-electron chi connectivity index (χ2n) is 6.03. The molecule has 3 rings (SSSR count). The zero-order valence-electron chi connectivity index (χ0n) is 12.5. The zero-order chi connectivity index (χ0) is 15.7. The van der Waals surface area contributed by atoms with Crippen LogP contribution in [0.15, 0.2) is 18.3 Å². The number of aromatic carboxylic acids is 1. The van der Waals surface area contributed by atoms with E-state index in [1.54, 1.807) is 0 Å². The van der Waals surface area contributed by atoms with Crippen molar-refractivity contribution < 1.29 is 19.4 Å². The molecule has 118 valence electrons. The van der Waals surface area contributed by atoms with Crippen molar-refractivity contribution in [3.63, 3.8) is 0 Å². The lowest BCUT2D eigenvalue weighted by Crippen LogP contribution is -2.67. The molecule has 1 amide bonds. The molecule has 2 N–H and O–H groups in total. The molecular formula is C16H20N2O4. The third-order valence-electron chi connectivity index (χ3n) is 4.98. The maximum atomic E-state index is 12.3. The fourth-order valence-electron chi connectivity index (χ4n) is 3.56. The number of carboxylic acid groups (broad SMARTS) is 1. The van der Waals surface area contributed by atoms with Crippen LogP contribution in [0.25, 0.3) is 0 Å². The maximum Gasteiger partial charge on any atom is 0.335 e. The van der Waals surface area contributed by atoms with Crippen molar-refractivity contribution in [3.05, 3.63) is 29.6 Å². The Morgan fingerprint density at radius 1 is 1.50 bits per heavy atom. The number of amides is 1. The summed E-state index contributed by atoms with van der Waals surface area (Å²) in [6.07, 6.45) is 5.72. The minimum Gasteiger partial charge on any atom is -0.478 e. The van der Waals surface area contributed by atoms with Gasteiger partial charge in [-0.05, 0) is 38.3 Å². The van der Waals surface area contributed by atoms with Crippen LogP contribution in [0.1, 0.15) is 53.5 Å². The number of ether oxygens (including phenoxy) is 1. The van der Waals surface area contributed by atoms with Gasteiger partial charge in [0, 0.05) is 24.3 Å². The fraction of sp³-hybridized carbons (Fsp3) is 0.562. The summed E-state index contributed by atoms with van der Waals surface area (Å²) in [5.41, 5.74) is 0.296. The number of hydrogen-bond acceptors (Lipinski definition) is 4. The monoisotopic (exact) mass is 304 g/mol. The van der Waals surface area contributed by atoms with Crippen molar-refractivity contribution in [2.75, 3.05) is 6.61 Å². The molecule has 0 radical (unpaired) electrons. The molecule has 2 aliphatic rings. The lowest BCUT2D eigenvalue weighted by atomic mass is 9.51. The standard InChI is InChI=1S/C16H20N2O4/c1-2-22-13-9-12(16(13)5-3-6-16)18-14(19)11-8-10(15(20)21)4-7-17-11/h4,7-8,12-13H,2-3,5-6,9H2,1H3,(H,18,19)(H,20,21). The Bertz CT molecular complexity index is 598. The van der Waals surface area contributed by atoms with Crippen LogP contribution in [-0.2, 0) is 4.74 Å². The van der Waals surface area contributed by atoms with Crippen molar-refractivity contribution in [2.24, 2.45) is 5.41 Å². The quantitative estimate of drug-likeness (QED) is 0.866. The lowest BCUT2D eigenvalue weighted by molar-refractivity contribution is -0.169. The van der Waals surface area contributed by atoms with E-state index >= 15 is 0 Å². The normalized spacial score (nSPS) is 25.1. The van der Waals surface area contributed by atoms with E-state index in [0.717, 1.165) is 19.3 Å². The molecule has 0 aliphatic heterocycles. The van der Waals surface area contributed by atoms with E-state index in [1.165, 1.54) is 24.8 Å². The highest BCUT2D eigenvalue weighted by atomic mass is 16.5. The third kappa shape index (κ3) is 2.37. The van der Waals surface area contributed by atoms with Gasteiger partial charge in [0.1, 0.15) is 5.69 Å². The Kier molecular flexibility index (Phi) is 3.87. The molecule has 1 aromatic heterocycles. The summed E-state index contributed by atoms with van der Waals surface area (Å²) in [5, 5.41) is 12.0. The van der Waals surface area contributed by atoms with E-state index < -0.39 is 5.97 Å². The molecule has 2 saturated carbocycles. The highest BCUT2D eigenvalue weighted by Gasteiger charge is 2.59. The number of hydrogen-bond donors (Lipinski definition) is 2. The fourth-order valence-corrected chi connectivity index (χ4v) is 3.56. The van der Waals surface area contributed by atoms with Gasteiger partial charge in [0.15, 0.2) is 0 Å². The summed E-state index contributed by atoms with van der Waals surface area (Å²) in [6.45, 7) is 2.68. The van der Waals surface area contributed by atoms with Gasteiger partial charge in [-0.15, -0.1) is 0 Å². The number of aromatic nitrogens is 1. The molecule has 1 heterocycles. The highest BCUT2D eigenvalue weighted by molar-refractivity contribution is 5.96. The van der Waals surface area contributed by atoms with Gasteiger partial charge in [-0.25, -0.2) is 4.79 Å². The lowest BCUT2D eigenvalue weighted by Gasteiger charge is -2.60. The van der Waals surface area contributed by atoms with Gasteiger partial charge in [-0.3, -0.25) is 9.78 Å². The van der Waals surface area contributed by atoms with Gasteiger partial charge in [-0.1, -0.05) is 6.42 Å². The topological polar surface area (TPSA) is 88.5 Å². The average molecular weight is 304 g/mol. The van der Waals surface area contributed by atoms with E-state index in [-0.39, 0.29) is 34.7 Å². The van der Waals surface area contributed by atoms with E-state index in [0.29, 0.717) is 6.61 Å². The molecule has 0 aromatic carbocycles. The van der Waals surface area contributed by atoms with Gasteiger partial charge < -0.3 is 15.2 Å². The second-order valence-corrected chi connectivity index (χ2v) is 6.03. The molecule has 2 aliphatic carbocycles. The van der Waals surface area contributed by atoms with Crippen molar-refractivity contribution in [1.82, 2.24) is 10.3 Å². The molecule has 22 heavy (non-hydrogen) atoms. The molecule has 1 aromatic rings. The third-order valence-corrected chi connectivity index (χ3v) is 4.98. The van der Waals surface area contributed by atoms with Gasteiger partial charge in [0.25, 0.3) is 5.91 Å². The Balaban J connectivity index is 1.68. The van der Waals surface area contributed by atoms with E-state index in [2.05, 4.69) is 10.3 Å². The van der Waals surface area contributed by atoms with Crippen LogP contribution in [0.5, 0.6) is 0 Å². The zero-order valence-corrected chi connectivity index (χ0v) is 12.5. The first-order valence-corrected chi connectivity index (χ1v) is 7.68. The minimum absolute atomic E-state index is 0.0688. The van der Waals surface area contributed by atoms with Gasteiger partial charge >= 0.3 is 5.97 Å². The Morgan fingerprint density at radius 2 is 2.27 bits per heavy atom. The van der Waals surface area contributed by atoms with Crippen molar-refractivity contribution in [1.29, 1.82) is 0 Å². The predicted octanol–water partition coefficient (Wildman–Crippen LogP) is 1.86. The molecule has 2 unspecified atom stereocenters. The first-order chi connectivity index (χ1) is 10.6. The summed E-state index contributed by atoms with van der Waals surface area (Å²) in [7, 11) is 0. The summed E-state index contributed by atoms with van der Waals surface area (Å²) < 4.78 is 5.76. The molecule has 1 spiro atoms. The highest BCUT2D eigenvalue weighted by Crippen LogP contribution is 2.57. The summed E-state index contributed by atoms with van der Waals surface area (Å²) in [5.74, 6) is -1.37. The van der Waals surface area contributed by atoms with E-state index in [1.807, 2.05) is 6.92 Å². The molecule has 6 heteroatoms. The Labute approximate surface area is 128 Å². The summed E-state index contributed by atoms with van der Waals surface area (Å²) in [4.78, 5) is 27.2. The minimum atomic E-state index is -1.06. The van der Waals surface area contributed by atoms with Crippen LogP contribution in [0.3, 0.4) is 0 Å². The van der Waals surface area contributed by atoms with E-state index in [9.17, 15) is 9.59 Å². The van der Waals surface area contributed by atoms with Crippen molar-refractivity contribution in [3.8, 4) is 0 Å². The predicted molar refractivity (Wildman–Crippen MR) is 78.8 cm³/mol. The smallest absolute Gasteiger partial charge is 0.335 e. The number of rotatable bonds is 5. The first kappa shape index (κ1) is 15.0. The number of carbonyl (C=O) groups excluding carboxylic acids is 1.